The molecule has 0 radical (unpaired) electrons. The summed E-state index contributed by atoms with van der Waals surface area (Å²) in [6.07, 6.45) is 0. The molecule has 0 unspecified atom stereocenters. The van der Waals surface area contributed by atoms with E-state index in [2.05, 4.69) is 0 Å². The molecule has 0 aliphatic heterocycles. The molecule has 80 valence electrons. The Morgan fingerprint density at radius 3 is 2.73 bits per heavy atom. The molecule has 0 N–H and O–H groups in total. The highest BCUT2D eigenvalue weighted by Gasteiger charge is 2.11. The van der Waals surface area contributed by atoms with E-state index in [0.717, 1.165) is 0 Å². The molecule has 0 aliphatic rings. The van der Waals surface area contributed by atoms with E-state index in [4.69, 9.17) is 10.00 Å². The molecular weight excluding hydrogens is 308 g/mol. The van der Waals surface area contributed by atoms with Gasteiger partial charge in [-0.15, -0.1) is 0 Å². The topological polar surface area (TPSA) is 33.0 Å². The average molecular weight is 319 g/mol. The number of nitrogens with zero attached hydrogens (tertiary/aromatic N) is 1. The van der Waals surface area contributed by atoms with E-state index < -0.39 is 5.82 Å². The SMILES string of the molecule is CC(C)COc1c(I)cc(F)cc1C#N. The van der Waals surface area contributed by atoms with Crippen LogP contribution in [-0.2, 0) is 0 Å². The van der Waals surface area contributed by atoms with E-state index >= 15 is 0 Å². The van der Waals surface area contributed by atoms with Crippen molar-refractivity contribution in [1.82, 2.24) is 0 Å². The number of benzene rings is 1. The Morgan fingerprint density at radius 1 is 1.53 bits per heavy atom. The number of ether oxygens (including phenoxy) is 1. The molecule has 0 amide bonds. The Labute approximate surface area is 102 Å². The minimum Gasteiger partial charge on any atom is -0.491 e. The number of hydrogen-bond acceptors (Lipinski definition) is 2. The average Bonchev–Trinajstić information content (AvgIpc) is 2.14. The maximum absolute atomic E-state index is 13.0. The fourth-order valence-corrected chi connectivity index (χ4v) is 1.78. The molecule has 0 aliphatic carbocycles. The lowest BCUT2D eigenvalue weighted by Crippen LogP contribution is -2.07. The van der Waals surface area contributed by atoms with Crippen LogP contribution >= 0.6 is 22.6 Å². The Hall–Kier alpha value is -0.830. The van der Waals surface area contributed by atoms with E-state index in [0.29, 0.717) is 21.8 Å². The maximum Gasteiger partial charge on any atom is 0.150 e. The van der Waals surface area contributed by atoms with Gasteiger partial charge in [-0.1, -0.05) is 13.8 Å². The molecule has 1 aromatic carbocycles. The summed E-state index contributed by atoms with van der Waals surface area (Å²) >= 11 is 1.97. The summed E-state index contributed by atoms with van der Waals surface area (Å²) in [7, 11) is 0. The molecule has 0 saturated heterocycles. The van der Waals surface area contributed by atoms with E-state index in [9.17, 15) is 4.39 Å². The minimum absolute atomic E-state index is 0.250. The van der Waals surface area contributed by atoms with Crippen LogP contribution in [0, 0.1) is 26.6 Å². The molecule has 0 fully saturated rings. The summed E-state index contributed by atoms with van der Waals surface area (Å²) in [6.45, 7) is 4.56. The molecule has 0 spiro atoms. The molecule has 0 atom stereocenters. The van der Waals surface area contributed by atoms with Crippen LogP contribution in [0.2, 0.25) is 0 Å². The van der Waals surface area contributed by atoms with Crippen molar-refractivity contribution < 1.29 is 9.13 Å². The second kappa shape index (κ2) is 5.31. The van der Waals surface area contributed by atoms with Gasteiger partial charge in [0.05, 0.1) is 15.7 Å². The van der Waals surface area contributed by atoms with Gasteiger partial charge in [-0.05, 0) is 40.6 Å². The molecule has 0 bridgehead atoms. The van der Waals surface area contributed by atoms with Gasteiger partial charge in [0.25, 0.3) is 0 Å². The predicted molar refractivity (Wildman–Crippen MR) is 64.2 cm³/mol. The lowest BCUT2D eigenvalue weighted by atomic mass is 10.2. The summed E-state index contributed by atoms with van der Waals surface area (Å²) in [6, 6.07) is 4.48. The smallest absolute Gasteiger partial charge is 0.150 e. The van der Waals surface area contributed by atoms with Gasteiger partial charge in [-0.2, -0.15) is 5.26 Å². The van der Waals surface area contributed by atoms with Crippen molar-refractivity contribution in [3.05, 3.63) is 27.1 Å². The number of hydrogen-bond donors (Lipinski definition) is 0. The van der Waals surface area contributed by atoms with Gasteiger partial charge in [0.2, 0.25) is 0 Å². The first kappa shape index (κ1) is 12.2. The Bertz CT molecular complexity index is 398. The van der Waals surface area contributed by atoms with Crippen LogP contribution in [0.5, 0.6) is 5.75 Å². The summed E-state index contributed by atoms with van der Waals surface area (Å²) in [5, 5.41) is 8.83. The standard InChI is InChI=1S/C11H11FINO/c1-7(2)6-15-11-8(5-14)3-9(12)4-10(11)13/h3-4,7H,6H2,1-2H3. The minimum atomic E-state index is -0.409. The molecule has 0 heterocycles. The molecule has 0 saturated carbocycles. The van der Waals surface area contributed by atoms with Crippen molar-refractivity contribution in [2.75, 3.05) is 6.61 Å². The van der Waals surface area contributed by atoms with Crippen molar-refractivity contribution >= 4 is 22.6 Å². The normalized spacial score (nSPS) is 10.1. The first-order valence-corrected chi connectivity index (χ1v) is 5.64. The third-order valence-electron chi connectivity index (χ3n) is 1.69. The zero-order chi connectivity index (χ0) is 11.4. The van der Waals surface area contributed by atoms with Gasteiger partial charge in [0.15, 0.2) is 5.75 Å². The first-order valence-electron chi connectivity index (χ1n) is 4.56. The third kappa shape index (κ3) is 3.34. The van der Waals surface area contributed by atoms with Crippen LogP contribution < -0.4 is 4.74 Å². The molecule has 2 nitrogen and oxygen atoms in total. The highest BCUT2D eigenvalue weighted by molar-refractivity contribution is 14.1. The molecule has 1 aromatic rings. The highest BCUT2D eigenvalue weighted by atomic mass is 127. The van der Waals surface area contributed by atoms with Gasteiger partial charge in [0.1, 0.15) is 11.9 Å². The van der Waals surface area contributed by atoms with E-state index in [1.807, 2.05) is 42.5 Å². The van der Waals surface area contributed by atoms with Crippen LogP contribution in [0.1, 0.15) is 19.4 Å². The molecule has 15 heavy (non-hydrogen) atoms. The van der Waals surface area contributed by atoms with Crippen molar-refractivity contribution in [1.29, 1.82) is 5.26 Å². The summed E-state index contributed by atoms with van der Waals surface area (Å²) in [4.78, 5) is 0. The largest absolute Gasteiger partial charge is 0.491 e. The molecule has 0 aromatic heterocycles. The quantitative estimate of drug-likeness (QED) is 0.801. The van der Waals surface area contributed by atoms with Gasteiger partial charge in [0, 0.05) is 0 Å². The van der Waals surface area contributed by atoms with E-state index in [1.54, 1.807) is 0 Å². The van der Waals surface area contributed by atoms with E-state index in [-0.39, 0.29) is 5.56 Å². The Kier molecular flexibility index (Phi) is 4.33. The number of halogens is 2. The predicted octanol–water partition coefficient (Wildman–Crippen LogP) is 3.34. The van der Waals surface area contributed by atoms with Gasteiger partial charge in [-0.25, -0.2) is 4.39 Å². The molecule has 4 heteroatoms. The first-order chi connectivity index (χ1) is 7.04. The maximum atomic E-state index is 13.0. The second-order valence-electron chi connectivity index (χ2n) is 3.58. The Balaban J connectivity index is 3.00. The molecule has 1 rings (SSSR count). The summed E-state index contributed by atoms with van der Waals surface area (Å²) in [5.74, 6) is 0.443. The molecular formula is C11H11FINO. The third-order valence-corrected chi connectivity index (χ3v) is 2.49. The summed E-state index contributed by atoms with van der Waals surface area (Å²) < 4.78 is 19.1. The monoisotopic (exact) mass is 319 g/mol. The van der Waals surface area contributed by atoms with Gasteiger partial charge < -0.3 is 4.74 Å². The highest BCUT2D eigenvalue weighted by Crippen LogP contribution is 2.26. The van der Waals surface area contributed by atoms with Crippen molar-refractivity contribution in [2.24, 2.45) is 5.92 Å². The van der Waals surface area contributed by atoms with Crippen molar-refractivity contribution in [3.8, 4) is 11.8 Å². The van der Waals surface area contributed by atoms with Crippen molar-refractivity contribution in [2.45, 2.75) is 13.8 Å². The van der Waals surface area contributed by atoms with E-state index in [1.165, 1.54) is 12.1 Å². The lowest BCUT2D eigenvalue weighted by molar-refractivity contribution is 0.268. The summed E-state index contributed by atoms with van der Waals surface area (Å²) in [5.41, 5.74) is 0.250. The Morgan fingerprint density at radius 2 is 2.20 bits per heavy atom. The lowest BCUT2D eigenvalue weighted by Gasteiger charge is -2.11. The van der Waals surface area contributed by atoms with Crippen LogP contribution in [-0.4, -0.2) is 6.61 Å². The fourth-order valence-electron chi connectivity index (χ4n) is 1.04. The fraction of sp³-hybridized carbons (Fsp3) is 0.364. The van der Waals surface area contributed by atoms with Gasteiger partial charge >= 0.3 is 0 Å². The van der Waals surface area contributed by atoms with Crippen LogP contribution in [0.15, 0.2) is 12.1 Å². The van der Waals surface area contributed by atoms with Crippen LogP contribution in [0.4, 0.5) is 4.39 Å². The van der Waals surface area contributed by atoms with Crippen LogP contribution in [0.25, 0.3) is 0 Å². The zero-order valence-electron chi connectivity index (χ0n) is 8.55. The second-order valence-corrected chi connectivity index (χ2v) is 4.74. The van der Waals surface area contributed by atoms with Gasteiger partial charge in [-0.3, -0.25) is 0 Å². The zero-order valence-corrected chi connectivity index (χ0v) is 10.7. The van der Waals surface area contributed by atoms with Crippen molar-refractivity contribution in [3.63, 3.8) is 0 Å². The number of nitriles is 1. The van der Waals surface area contributed by atoms with Crippen LogP contribution in [0.3, 0.4) is 0 Å². The number of rotatable bonds is 3.